The second-order valence-corrected chi connectivity index (χ2v) is 10.5. The highest BCUT2D eigenvalue weighted by atomic mass is 35.5. The number of anilines is 1. The molecule has 0 aliphatic heterocycles. The van der Waals surface area contributed by atoms with Gasteiger partial charge in [0, 0.05) is 18.0 Å². The lowest BCUT2D eigenvalue weighted by molar-refractivity contribution is -0.110. The van der Waals surface area contributed by atoms with Crippen LogP contribution >= 0.6 is 22.9 Å². The minimum atomic E-state index is -3.34. The van der Waals surface area contributed by atoms with Crippen molar-refractivity contribution in [2.75, 3.05) is 5.32 Å². The van der Waals surface area contributed by atoms with Gasteiger partial charge < -0.3 is 4.84 Å². The average molecular weight is 478 g/mol. The lowest BCUT2D eigenvalue weighted by Gasteiger charge is -2.08. The van der Waals surface area contributed by atoms with Crippen molar-refractivity contribution in [3.63, 3.8) is 0 Å². The number of halogens is 1. The Morgan fingerprint density at radius 2 is 1.90 bits per heavy atom. The maximum Gasteiger partial charge on any atom is 0.280 e. The van der Waals surface area contributed by atoms with Gasteiger partial charge in [0.1, 0.15) is 4.34 Å². The van der Waals surface area contributed by atoms with Crippen LogP contribution in [0.4, 0.5) is 5.13 Å². The van der Waals surface area contributed by atoms with E-state index in [1.807, 2.05) is 0 Å². The molecule has 0 unspecified atom stereocenters. The van der Waals surface area contributed by atoms with Gasteiger partial charge in [0.15, 0.2) is 33.1 Å². The van der Waals surface area contributed by atoms with Crippen LogP contribution < -0.4 is 5.32 Å². The van der Waals surface area contributed by atoms with E-state index in [2.05, 4.69) is 25.4 Å². The van der Waals surface area contributed by atoms with E-state index in [-0.39, 0.29) is 22.5 Å². The van der Waals surface area contributed by atoms with Gasteiger partial charge >= 0.3 is 0 Å². The Hall–Kier alpha value is -2.89. The first kappa shape index (κ1) is 21.3. The number of benzene rings is 1. The molecule has 1 saturated carbocycles. The number of oxime groups is 1. The van der Waals surface area contributed by atoms with Crippen molar-refractivity contribution >= 4 is 49.5 Å². The molecule has 3 aromatic rings. The van der Waals surface area contributed by atoms with Crippen LogP contribution in [-0.4, -0.2) is 40.2 Å². The van der Waals surface area contributed by atoms with Gasteiger partial charge in [-0.3, -0.25) is 10.1 Å². The number of carbonyl (C=O) groups is 1. The lowest BCUT2D eigenvalue weighted by Crippen LogP contribution is -2.24. The van der Waals surface area contributed by atoms with E-state index in [1.165, 1.54) is 30.5 Å². The second-order valence-electron chi connectivity index (χ2n) is 6.57. The first-order valence-corrected chi connectivity index (χ1v) is 11.9. The van der Waals surface area contributed by atoms with E-state index in [4.69, 9.17) is 16.4 Å². The summed E-state index contributed by atoms with van der Waals surface area (Å²) in [5.41, 5.74) is 0.321. The molecule has 1 aliphatic rings. The van der Waals surface area contributed by atoms with Crippen molar-refractivity contribution in [2.24, 2.45) is 5.16 Å². The number of amides is 1. The van der Waals surface area contributed by atoms with Crippen LogP contribution in [-0.2, 0) is 26.1 Å². The molecular weight excluding hydrogens is 462 g/mol. The lowest BCUT2D eigenvalue weighted by atomic mass is 10.1. The minimum absolute atomic E-state index is 0.0468. The quantitative estimate of drug-likeness (QED) is 0.390. The summed E-state index contributed by atoms with van der Waals surface area (Å²) in [7, 11) is -3.34. The first-order chi connectivity index (χ1) is 14.9. The Bertz CT molecular complexity index is 1210. The number of hydrogen-bond acceptors (Lipinski definition) is 9. The Labute approximate surface area is 187 Å². The third-order valence-electron chi connectivity index (χ3n) is 4.30. The highest BCUT2D eigenvalue weighted by Gasteiger charge is 2.36. The fraction of sp³-hybridized carbons (Fsp3) is 0.211. The van der Waals surface area contributed by atoms with Gasteiger partial charge in [-0.05, 0) is 31.0 Å². The molecule has 9 nitrogen and oxygen atoms in total. The number of sulfone groups is 1. The molecule has 0 radical (unpaired) electrons. The van der Waals surface area contributed by atoms with Gasteiger partial charge in [-0.1, -0.05) is 40.2 Å². The molecule has 0 atom stereocenters. The number of nitrogens with zero attached hydrogens (tertiary/aromatic N) is 4. The van der Waals surface area contributed by atoms with Crippen molar-refractivity contribution in [3.8, 4) is 0 Å². The minimum Gasteiger partial charge on any atom is -0.387 e. The van der Waals surface area contributed by atoms with Crippen molar-refractivity contribution in [1.29, 1.82) is 0 Å². The number of aromatic nitrogens is 3. The predicted octanol–water partition coefficient (Wildman–Crippen LogP) is 3.08. The van der Waals surface area contributed by atoms with E-state index in [0.717, 1.165) is 11.3 Å². The van der Waals surface area contributed by atoms with Crippen molar-refractivity contribution in [3.05, 3.63) is 64.6 Å². The Morgan fingerprint density at radius 3 is 2.52 bits per heavy atom. The molecule has 1 aromatic carbocycles. The highest BCUT2D eigenvalue weighted by Crippen LogP contribution is 2.33. The summed E-state index contributed by atoms with van der Waals surface area (Å²) in [6.07, 6.45) is 5.89. The number of rotatable bonds is 8. The molecule has 160 valence electrons. The van der Waals surface area contributed by atoms with E-state index < -0.39 is 15.7 Å². The smallest absolute Gasteiger partial charge is 0.280 e. The molecule has 0 spiro atoms. The van der Waals surface area contributed by atoms with Gasteiger partial charge in [0.05, 0.1) is 16.3 Å². The first-order valence-electron chi connectivity index (χ1n) is 9.16. The largest absolute Gasteiger partial charge is 0.387 e. The van der Waals surface area contributed by atoms with Crippen LogP contribution in [0, 0.1) is 0 Å². The van der Waals surface area contributed by atoms with Crippen molar-refractivity contribution in [1.82, 2.24) is 15.0 Å². The summed E-state index contributed by atoms with van der Waals surface area (Å²) in [4.78, 5) is 30.4. The predicted molar refractivity (Wildman–Crippen MR) is 116 cm³/mol. The van der Waals surface area contributed by atoms with Gasteiger partial charge in [-0.25, -0.2) is 23.4 Å². The number of thiazole rings is 1. The normalized spacial score (nSPS) is 14.3. The standard InChI is InChI=1S/C19H16ClN5O4S2/c20-15-10-23-19(30-15)24-18(26)17(25-29-11-16-21-8-1-9-22-16)12-2-4-13(5-3-12)31(27,28)14-6-7-14/h1-5,8-10,14H,6-7,11H2,(H,23,24,26). The monoisotopic (exact) mass is 477 g/mol. The van der Waals surface area contributed by atoms with Crippen LogP contribution in [0.5, 0.6) is 0 Å². The van der Waals surface area contributed by atoms with Gasteiger partial charge in [0.25, 0.3) is 5.91 Å². The second kappa shape index (κ2) is 9.08. The Balaban J connectivity index is 1.57. The third kappa shape index (κ3) is 5.24. The maximum atomic E-state index is 12.8. The molecule has 0 saturated heterocycles. The molecule has 1 fully saturated rings. The zero-order valence-corrected chi connectivity index (χ0v) is 18.3. The van der Waals surface area contributed by atoms with E-state index in [9.17, 15) is 13.2 Å². The zero-order valence-electron chi connectivity index (χ0n) is 15.9. The maximum absolute atomic E-state index is 12.8. The van der Waals surface area contributed by atoms with Gasteiger partial charge in [-0.15, -0.1) is 0 Å². The SMILES string of the molecule is O=C(Nc1ncc(Cl)s1)C(=NOCc1ncccn1)c1ccc(S(=O)(=O)C2CC2)cc1. The fourth-order valence-electron chi connectivity index (χ4n) is 2.63. The summed E-state index contributed by atoms with van der Waals surface area (Å²) in [6, 6.07) is 7.64. The fourth-order valence-corrected chi connectivity index (χ4v) is 5.09. The molecule has 2 heterocycles. The number of hydrogen-bond donors (Lipinski definition) is 1. The molecular formula is C19H16ClN5O4S2. The van der Waals surface area contributed by atoms with E-state index in [1.54, 1.807) is 18.5 Å². The number of carbonyl (C=O) groups excluding carboxylic acids is 1. The number of nitrogens with one attached hydrogen (secondary N) is 1. The zero-order chi connectivity index (χ0) is 21.8. The van der Waals surface area contributed by atoms with Gasteiger partial charge in [0.2, 0.25) is 0 Å². The molecule has 12 heteroatoms. The molecule has 1 amide bonds. The van der Waals surface area contributed by atoms with Crippen LogP contribution in [0.3, 0.4) is 0 Å². The van der Waals surface area contributed by atoms with E-state index >= 15 is 0 Å². The molecule has 2 aromatic heterocycles. The molecule has 1 aliphatic carbocycles. The molecule has 0 bridgehead atoms. The Morgan fingerprint density at radius 1 is 1.19 bits per heavy atom. The molecule has 4 rings (SSSR count). The van der Waals surface area contributed by atoms with Crippen LogP contribution in [0.25, 0.3) is 0 Å². The molecule has 1 N–H and O–H groups in total. The summed E-state index contributed by atoms with van der Waals surface area (Å²) in [6.45, 7) is -0.0468. The highest BCUT2D eigenvalue weighted by molar-refractivity contribution is 7.92. The van der Waals surface area contributed by atoms with Crippen molar-refractivity contribution in [2.45, 2.75) is 29.6 Å². The van der Waals surface area contributed by atoms with Crippen LogP contribution in [0.2, 0.25) is 4.34 Å². The average Bonchev–Trinajstić information content (AvgIpc) is 3.56. The third-order valence-corrected chi connectivity index (χ3v) is 7.61. The van der Waals surface area contributed by atoms with Crippen molar-refractivity contribution < 1.29 is 18.0 Å². The van der Waals surface area contributed by atoms with Crippen LogP contribution in [0.1, 0.15) is 24.2 Å². The van der Waals surface area contributed by atoms with Crippen LogP contribution in [0.15, 0.2) is 59.0 Å². The summed E-state index contributed by atoms with van der Waals surface area (Å²) >= 11 is 6.95. The topological polar surface area (TPSA) is 124 Å². The van der Waals surface area contributed by atoms with Gasteiger partial charge in [-0.2, -0.15) is 0 Å². The summed E-state index contributed by atoms with van der Waals surface area (Å²) in [5, 5.41) is 6.53. The summed E-state index contributed by atoms with van der Waals surface area (Å²) < 4.78 is 25.2. The molecule has 31 heavy (non-hydrogen) atoms. The summed E-state index contributed by atoms with van der Waals surface area (Å²) in [5.74, 6) is -0.193. The Kier molecular flexibility index (Phi) is 6.25. The van der Waals surface area contributed by atoms with E-state index in [0.29, 0.717) is 33.7 Å².